The van der Waals surface area contributed by atoms with E-state index in [4.69, 9.17) is 5.11 Å². The summed E-state index contributed by atoms with van der Waals surface area (Å²) in [7, 11) is 0. The minimum Gasteiger partial charge on any atom is -0.472 e. The molecule has 0 spiro atoms. The van der Waals surface area contributed by atoms with Crippen LogP contribution in [0.25, 0.3) is 0 Å². The Morgan fingerprint density at radius 2 is 2.20 bits per heavy atom. The number of nitrogens with zero attached hydrogens (tertiary/aromatic N) is 1. The molecule has 0 aliphatic heterocycles. The molecule has 0 heterocycles. The highest BCUT2D eigenvalue weighted by atomic mass is 32.2. The van der Waals surface area contributed by atoms with Crippen LogP contribution in [0.15, 0.2) is 0 Å². The Morgan fingerprint density at radius 3 is 2.50 bits per heavy atom. The minimum absolute atomic E-state index is 0.783. The Labute approximate surface area is 65.5 Å². The van der Waals surface area contributed by atoms with Crippen LogP contribution in [0.1, 0.15) is 20.3 Å². The van der Waals surface area contributed by atoms with Gasteiger partial charge in [0, 0.05) is 25.0 Å². The van der Waals surface area contributed by atoms with Gasteiger partial charge in [-0.2, -0.15) is 0 Å². The lowest BCUT2D eigenvalue weighted by molar-refractivity contribution is 0.221. The first-order valence-corrected chi connectivity index (χ1v) is 4.13. The number of rotatable bonds is 4. The van der Waals surface area contributed by atoms with E-state index in [9.17, 15) is 4.79 Å². The first-order valence-electron chi connectivity index (χ1n) is 3.36. The lowest BCUT2D eigenvalue weighted by Gasteiger charge is -2.13. The van der Waals surface area contributed by atoms with Gasteiger partial charge in [0.25, 0.3) is 0 Å². The van der Waals surface area contributed by atoms with Crippen molar-refractivity contribution in [2.24, 2.45) is 0 Å². The Kier molecular flexibility index (Phi) is 5.43. The zero-order valence-corrected chi connectivity index (χ0v) is 7.15. The molecule has 0 fully saturated rings. The molecular weight excluding hydrogens is 150 g/mol. The van der Waals surface area contributed by atoms with E-state index >= 15 is 0 Å². The standard InChI is InChI=1S/C6H13NO2S/c1-3-5-7(4-2)10-6(8)9/h3-5H2,1-2H3,(H,8,9). The van der Waals surface area contributed by atoms with Gasteiger partial charge >= 0.3 is 5.30 Å². The molecule has 0 saturated carbocycles. The summed E-state index contributed by atoms with van der Waals surface area (Å²) in [6.07, 6.45) is 0.994. The lowest BCUT2D eigenvalue weighted by atomic mass is 10.5. The zero-order chi connectivity index (χ0) is 7.98. The fraction of sp³-hybridized carbons (Fsp3) is 0.833. The fourth-order valence-electron chi connectivity index (χ4n) is 0.628. The highest BCUT2D eigenvalue weighted by molar-refractivity contribution is 8.11. The van der Waals surface area contributed by atoms with Crippen LogP contribution in [0.3, 0.4) is 0 Å². The van der Waals surface area contributed by atoms with Gasteiger partial charge in [-0.05, 0) is 6.42 Å². The van der Waals surface area contributed by atoms with E-state index in [0.29, 0.717) is 0 Å². The van der Waals surface area contributed by atoms with Gasteiger partial charge in [0.1, 0.15) is 0 Å². The Hall–Kier alpha value is -0.220. The SMILES string of the molecule is CCCN(CC)SC(=O)O. The first-order chi connectivity index (χ1) is 4.70. The predicted molar refractivity (Wildman–Crippen MR) is 43.2 cm³/mol. The predicted octanol–water partition coefficient (Wildman–Crippen LogP) is 2.04. The summed E-state index contributed by atoms with van der Waals surface area (Å²) in [5.74, 6) is 0. The van der Waals surface area contributed by atoms with Gasteiger partial charge in [-0.1, -0.05) is 13.8 Å². The molecule has 0 aliphatic carbocycles. The summed E-state index contributed by atoms with van der Waals surface area (Å²) < 4.78 is 1.82. The molecule has 0 bridgehead atoms. The Bertz CT molecular complexity index is 108. The third-order valence-corrected chi connectivity index (χ3v) is 1.89. The van der Waals surface area contributed by atoms with Gasteiger partial charge in [-0.3, -0.25) is 0 Å². The van der Waals surface area contributed by atoms with Gasteiger partial charge in [-0.25, -0.2) is 9.10 Å². The summed E-state index contributed by atoms with van der Waals surface area (Å²) in [6.45, 7) is 5.61. The molecule has 0 atom stereocenters. The second-order valence-electron chi connectivity index (χ2n) is 1.88. The van der Waals surface area contributed by atoms with Crippen molar-refractivity contribution < 1.29 is 9.90 Å². The largest absolute Gasteiger partial charge is 0.472 e. The van der Waals surface area contributed by atoms with E-state index < -0.39 is 5.30 Å². The maximum atomic E-state index is 10.2. The molecule has 0 aromatic rings. The van der Waals surface area contributed by atoms with Crippen molar-refractivity contribution in [2.75, 3.05) is 13.1 Å². The molecule has 4 heteroatoms. The third kappa shape index (κ3) is 4.64. The topological polar surface area (TPSA) is 40.5 Å². The maximum Gasteiger partial charge on any atom is 0.380 e. The van der Waals surface area contributed by atoms with E-state index in [2.05, 4.69) is 0 Å². The summed E-state index contributed by atoms with van der Waals surface area (Å²) in [4.78, 5) is 10.2. The highest BCUT2D eigenvalue weighted by Gasteiger charge is 2.05. The van der Waals surface area contributed by atoms with Crippen molar-refractivity contribution in [2.45, 2.75) is 20.3 Å². The van der Waals surface area contributed by atoms with E-state index in [-0.39, 0.29) is 0 Å². The van der Waals surface area contributed by atoms with Crippen LogP contribution in [-0.2, 0) is 0 Å². The normalized spacial score (nSPS) is 10.3. The number of carboxylic acid groups (broad SMARTS) is 1. The molecule has 60 valence electrons. The van der Waals surface area contributed by atoms with Gasteiger partial charge < -0.3 is 5.11 Å². The van der Waals surface area contributed by atoms with Crippen molar-refractivity contribution in [1.82, 2.24) is 4.31 Å². The molecule has 0 amide bonds. The molecule has 0 aromatic carbocycles. The van der Waals surface area contributed by atoms with Gasteiger partial charge in [0.05, 0.1) is 0 Å². The number of hydrogen-bond acceptors (Lipinski definition) is 3. The second kappa shape index (κ2) is 5.56. The monoisotopic (exact) mass is 163 g/mol. The van der Waals surface area contributed by atoms with E-state index in [1.54, 1.807) is 0 Å². The fourth-order valence-corrected chi connectivity index (χ4v) is 1.25. The highest BCUT2D eigenvalue weighted by Crippen LogP contribution is 2.09. The van der Waals surface area contributed by atoms with Gasteiger partial charge in [-0.15, -0.1) is 0 Å². The Morgan fingerprint density at radius 1 is 1.60 bits per heavy atom. The van der Waals surface area contributed by atoms with E-state index in [1.165, 1.54) is 0 Å². The van der Waals surface area contributed by atoms with Crippen molar-refractivity contribution in [3.8, 4) is 0 Å². The van der Waals surface area contributed by atoms with Crippen LogP contribution in [0, 0.1) is 0 Å². The lowest BCUT2D eigenvalue weighted by Crippen LogP contribution is -2.17. The van der Waals surface area contributed by atoms with Crippen molar-refractivity contribution in [3.63, 3.8) is 0 Å². The van der Waals surface area contributed by atoms with E-state index in [0.717, 1.165) is 31.5 Å². The van der Waals surface area contributed by atoms with Gasteiger partial charge in [0.2, 0.25) is 0 Å². The molecule has 1 N–H and O–H groups in total. The summed E-state index contributed by atoms with van der Waals surface area (Å²) in [5, 5.41) is 7.54. The maximum absolute atomic E-state index is 10.2. The van der Waals surface area contributed by atoms with Crippen LogP contribution in [-0.4, -0.2) is 27.8 Å². The zero-order valence-electron chi connectivity index (χ0n) is 6.33. The first kappa shape index (κ1) is 9.78. The number of hydrogen-bond donors (Lipinski definition) is 1. The van der Waals surface area contributed by atoms with E-state index in [1.807, 2.05) is 18.2 Å². The average molecular weight is 163 g/mol. The summed E-state index contributed by atoms with van der Waals surface area (Å²) >= 11 is 0.874. The van der Waals surface area contributed by atoms with Crippen molar-refractivity contribution >= 4 is 17.2 Å². The molecule has 10 heavy (non-hydrogen) atoms. The smallest absolute Gasteiger partial charge is 0.380 e. The third-order valence-electron chi connectivity index (χ3n) is 1.03. The van der Waals surface area contributed by atoms with Crippen LogP contribution in [0.2, 0.25) is 0 Å². The molecule has 0 aromatic heterocycles. The molecule has 0 unspecified atom stereocenters. The quantitative estimate of drug-likeness (QED) is 0.644. The van der Waals surface area contributed by atoms with Crippen molar-refractivity contribution in [3.05, 3.63) is 0 Å². The van der Waals surface area contributed by atoms with Crippen LogP contribution in [0.5, 0.6) is 0 Å². The van der Waals surface area contributed by atoms with Gasteiger partial charge in [0.15, 0.2) is 0 Å². The molecule has 3 nitrogen and oxygen atoms in total. The van der Waals surface area contributed by atoms with Crippen molar-refractivity contribution in [1.29, 1.82) is 0 Å². The van der Waals surface area contributed by atoms with Crippen LogP contribution >= 0.6 is 11.9 Å². The summed E-state index contributed by atoms with van der Waals surface area (Å²) in [6, 6.07) is 0. The second-order valence-corrected chi connectivity index (χ2v) is 2.93. The minimum atomic E-state index is -0.824. The Balaban J connectivity index is 3.49. The van der Waals surface area contributed by atoms with Crippen LogP contribution in [0.4, 0.5) is 4.79 Å². The summed E-state index contributed by atoms with van der Waals surface area (Å²) in [5.41, 5.74) is 0. The molecule has 0 aliphatic rings. The molecule has 0 radical (unpaired) electrons. The molecular formula is C6H13NO2S. The number of carbonyl (C=O) groups is 1. The average Bonchev–Trinajstić information content (AvgIpc) is 1.86. The van der Waals surface area contributed by atoms with Crippen LogP contribution < -0.4 is 0 Å². The molecule has 0 rings (SSSR count). The molecule has 0 saturated heterocycles.